The third-order valence-corrected chi connectivity index (χ3v) is 2.31. The number of phenols is 1. The van der Waals surface area contributed by atoms with Gasteiger partial charge in [0.15, 0.2) is 0 Å². The van der Waals surface area contributed by atoms with Crippen LogP contribution in [0.3, 0.4) is 0 Å². The Bertz CT molecular complexity index is 1190. The van der Waals surface area contributed by atoms with Gasteiger partial charge in [-0.1, -0.05) is 31.8 Å². The summed E-state index contributed by atoms with van der Waals surface area (Å²) in [5.41, 5.74) is -6.89. The molecule has 0 saturated heterocycles. The minimum absolute atomic E-state index is 0.304. The van der Waals surface area contributed by atoms with Crippen LogP contribution in [0.15, 0.2) is 24.2 Å². The van der Waals surface area contributed by atoms with E-state index in [1.807, 2.05) is 0 Å². The summed E-state index contributed by atoms with van der Waals surface area (Å²) < 4.78 is 181. The van der Waals surface area contributed by atoms with Crippen LogP contribution < -0.4 is 0 Å². The van der Waals surface area contributed by atoms with E-state index in [4.69, 9.17) is 28.8 Å². The van der Waals surface area contributed by atoms with E-state index in [-0.39, 0.29) is 0 Å². The first-order chi connectivity index (χ1) is 18.0. The van der Waals surface area contributed by atoms with Gasteiger partial charge in [0, 0.05) is 37.1 Å². The van der Waals surface area contributed by atoms with Crippen LogP contribution in [-0.4, -0.2) is 41.2 Å². The second-order valence-corrected chi connectivity index (χ2v) is 3.88. The number of likely N-dealkylation sites (N-methyl/N-ethyl adjacent to an activating group) is 1. The standard InChI is InChI=1S/C17H27NO2/c1-13-5-4-10-17(20,11-13)16(12-18(2)3)14-6-8-15(19)9-7-14/h6-9,13,16,19-20H,4-5,10-12H2,1-3H3/i2D3,3D3,4D2,5D2,6D,7D,8D,9D,10D2,11D2,12D2,13D,16D. The quantitative estimate of drug-likeness (QED) is 0.898. The molecule has 2 rings (SSSR count). The van der Waals surface area contributed by atoms with Crippen molar-refractivity contribution in [3.63, 3.8) is 0 Å². The Balaban J connectivity index is 3.53. The largest absolute Gasteiger partial charge is 0.508 e. The summed E-state index contributed by atoms with van der Waals surface area (Å²) in [6, 6.07) is -6.46. The van der Waals surface area contributed by atoms with Gasteiger partial charge >= 0.3 is 0 Å². The third kappa shape index (κ3) is 3.53. The summed E-state index contributed by atoms with van der Waals surface area (Å²) in [7, 11) is 0. The fraction of sp³-hybridized carbons (Fsp3) is 0.647. The summed E-state index contributed by atoms with van der Waals surface area (Å²) in [4.78, 5) is -1.09. The summed E-state index contributed by atoms with van der Waals surface area (Å²) in [5.74, 6) is -10.0. The Morgan fingerprint density at radius 3 is 3.00 bits per heavy atom. The summed E-state index contributed by atoms with van der Waals surface area (Å²) in [6.45, 7) is -12.8. The van der Waals surface area contributed by atoms with E-state index < -0.39 is 104 Å². The molecule has 0 aliphatic heterocycles. The van der Waals surface area contributed by atoms with E-state index in [9.17, 15) is 11.6 Å². The maximum absolute atomic E-state index is 12.2. The minimum atomic E-state index is -4.96. The van der Waals surface area contributed by atoms with Gasteiger partial charge in [-0.05, 0) is 50.2 Å². The minimum Gasteiger partial charge on any atom is -0.508 e. The Kier molecular flexibility index (Phi) is 1.07. The molecule has 1 fully saturated rings. The first kappa shape index (κ1) is 3.47. The molecule has 0 spiro atoms. The maximum atomic E-state index is 12.2. The highest BCUT2D eigenvalue weighted by Gasteiger charge is 2.40. The predicted molar refractivity (Wildman–Crippen MR) is 82.0 cm³/mol. The Morgan fingerprint density at radius 1 is 1.65 bits per heavy atom. The lowest BCUT2D eigenvalue weighted by Gasteiger charge is -2.43. The summed E-state index contributed by atoms with van der Waals surface area (Å²) in [5, 5.41) is 22.2. The molecule has 3 unspecified atom stereocenters. The monoisotopic (exact) mass is 299 g/mol. The topological polar surface area (TPSA) is 43.7 Å². The molecule has 0 aromatic heterocycles. The van der Waals surface area contributed by atoms with Crippen LogP contribution in [0.25, 0.3) is 0 Å². The fourth-order valence-corrected chi connectivity index (χ4v) is 1.53. The van der Waals surface area contributed by atoms with Crippen molar-refractivity contribution in [2.24, 2.45) is 5.89 Å². The van der Waals surface area contributed by atoms with Gasteiger partial charge in [0.25, 0.3) is 0 Å². The van der Waals surface area contributed by atoms with Gasteiger partial charge in [-0.25, -0.2) is 0 Å². The molecule has 1 aliphatic carbocycles. The number of benzene rings is 1. The Hall–Kier alpha value is -1.06. The smallest absolute Gasteiger partial charge is 0.115 e. The zero-order chi connectivity index (χ0) is 34.0. The summed E-state index contributed by atoms with van der Waals surface area (Å²) >= 11 is 0. The van der Waals surface area contributed by atoms with E-state index in [0.29, 0.717) is 6.92 Å². The lowest BCUT2D eigenvalue weighted by molar-refractivity contribution is -0.0422. The van der Waals surface area contributed by atoms with Crippen molar-refractivity contribution < 1.29 is 40.4 Å². The van der Waals surface area contributed by atoms with Crippen LogP contribution >= 0.6 is 0 Å². The number of hydrogen-bond donors (Lipinski definition) is 2. The van der Waals surface area contributed by atoms with E-state index in [2.05, 4.69) is 0 Å². The zero-order valence-electron chi connectivity index (χ0n) is 32.3. The highest BCUT2D eigenvalue weighted by atomic mass is 16.3. The first-order valence-electron chi connectivity index (χ1n) is 16.4. The molecule has 0 radical (unpaired) electrons. The van der Waals surface area contributed by atoms with Crippen LogP contribution in [0.5, 0.6) is 5.75 Å². The number of nitrogens with zero attached hydrogens (tertiary/aromatic N) is 1. The second-order valence-electron chi connectivity index (χ2n) is 3.88. The van der Waals surface area contributed by atoms with Gasteiger partial charge in [-0.3, -0.25) is 0 Å². The summed E-state index contributed by atoms with van der Waals surface area (Å²) in [6.07, 6.45) is -17.3. The van der Waals surface area contributed by atoms with Gasteiger partial charge in [0.1, 0.15) is 5.75 Å². The van der Waals surface area contributed by atoms with Crippen LogP contribution in [-0.2, 0) is 0 Å². The van der Waals surface area contributed by atoms with Crippen molar-refractivity contribution in [3.05, 3.63) is 29.7 Å². The maximum Gasteiger partial charge on any atom is 0.115 e. The van der Waals surface area contributed by atoms with Gasteiger partial charge in [0.2, 0.25) is 0 Å². The van der Waals surface area contributed by atoms with Crippen LogP contribution in [0, 0.1) is 5.89 Å². The van der Waals surface area contributed by atoms with Crippen molar-refractivity contribution >= 4 is 0 Å². The lowest BCUT2D eigenvalue weighted by atomic mass is 9.69. The molecule has 1 aromatic carbocycles. The number of hydrogen-bond acceptors (Lipinski definition) is 3. The van der Waals surface area contributed by atoms with Gasteiger partial charge in [-0.15, -0.1) is 0 Å². The molecule has 3 nitrogen and oxygen atoms in total. The molecule has 1 aromatic rings. The number of rotatable bonds is 4. The van der Waals surface area contributed by atoms with E-state index in [1.165, 1.54) is 0 Å². The van der Waals surface area contributed by atoms with Gasteiger partial charge < -0.3 is 15.1 Å². The van der Waals surface area contributed by atoms with Crippen LogP contribution in [0.4, 0.5) is 0 Å². The van der Waals surface area contributed by atoms with E-state index >= 15 is 0 Å². The van der Waals surface area contributed by atoms with E-state index in [1.54, 1.807) is 0 Å². The molecule has 3 heteroatoms. The number of aromatic hydroxyl groups is 1. The molecule has 2 N–H and O–H groups in total. The first-order valence-corrected chi connectivity index (χ1v) is 5.37. The average Bonchev–Trinajstić information content (AvgIpc) is 2.76. The Morgan fingerprint density at radius 2 is 2.35 bits per heavy atom. The van der Waals surface area contributed by atoms with Gasteiger partial charge in [0.05, 0.1) is 11.1 Å². The Labute approximate surface area is 153 Å². The molecule has 1 saturated carbocycles. The highest BCUT2D eigenvalue weighted by molar-refractivity contribution is 5.30. The normalized spacial score (nSPS) is 62.0. The molecule has 0 heterocycles. The zero-order valence-corrected chi connectivity index (χ0v) is 10.3. The molecule has 0 amide bonds. The molecule has 20 heavy (non-hydrogen) atoms. The SMILES string of the molecule is [2H]c1c([2H])c(C([2H])(C([2H])([2H])N(C([2H])([2H])[2H])C([2H])([2H])[2H])C2(O)C([2H])([2H])C([2H])([2H])C([2H])([2H])C([2H])(C)C2([2H])[2H])c([2H])c([2H])c1O. The second kappa shape index (κ2) is 6.15. The predicted octanol–water partition coefficient (Wildman–Crippen LogP) is 2.98. The third-order valence-electron chi connectivity index (χ3n) is 2.31. The number of aliphatic hydroxyl groups is 1. The van der Waals surface area contributed by atoms with Crippen LogP contribution in [0.2, 0.25) is 0 Å². The highest BCUT2D eigenvalue weighted by Crippen LogP contribution is 2.42. The molecular formula is C17H27NO2. The molecule has 1 aliphatic rings. The molecule has 112 valence electrons. The van der Waals surface area contributed by atoms with Crippen molar-refractivity contribution in [1.29, 1.82) is 0 Å². The van der Waals surface area contributed by atoms with Crippen LogP contribution in [0.1, 0.15) is 74.0 Å². The molecular weight excluding hydrogens is 250 g/mol. The molecule has 0 bridgehead atoms. The van der Waals surface area contributed by atoms with Crippen molar-refractivity contribution in [1.82, 2.24) is 4.90 Å². The van der Waals surface area contributed by atoms with Crippen molar-refractivity contribution in [2.75, 3.05) is 20.4 Å². The average molecular weight is 300 g/mol. The van der Waals surface area contributed by atoms with Gasteiger partial charge in [-0.2, -0.15) is 0 Å². The fourth-order valence-electron chi connectivity index (χ4n) is 1.53. The molecule has 3 atom stereocenters. The van der Waals surface area contributed by atoms with Crippen molar-refractivity contribution in [3.8, 4) is 5.75 Å². The van der Waals surface area contributed by atoms with Crippen molar-refractivity contribution in [2.45, 2.75) is 43.9 Å². The van der Waals surface area contributed by atoms with E-state index in [0.717, 1.165) is 0 Å². The number of phenolic OH excluding ortho intramolecular Hbond substituents is 1. The lowest BCUT2D eigenvalue weighted by Crippen LogP contribution is -2.44.